The van der Waals surface area contributed by atoms with Gasteiger partial charge in [-0.2, -0.15) is 0 Å². The molecule has 0 heterocycles. The largest absolute Gasteiger partial charge is 0.395 e. The van der Waals surface area contributed by atoms with Crippen LogP contribution >= 0.6 is 7.60 Å². The molecule has 0 saturated heterocycles. The highest BCUT2D eigenvalue weighted by Crippen LogP contribution is 2.48. The monoisotopic (exact) mass is 253 g/mol. The van der Waals surface area contributed by atoms with E-state index in [1.54, 1.807) is 13.8 Å². The standard InChI is InChI=1S/C10H24NO4P/c1-4-7-11(8-9-12)10-16(13,14-5-2)15-6-3/h12H,4-10H2,1-3H3. The SMILES string of the molecule is CCCN(CCO)CP(=O)(OCC)OCC. The van der Waals surface area contributed by atoms with Gasteiger partial charge in [-0.05, 0) is 26.8 Å². The smallest absolute Gasteiger partial charge is 0.344 e. The number of rotatable bonds is 10. The van der Waals surface area contributed by atoms with E-state index in [9.17, 15) is 4.57 Å². The molecule has 5 nitrogen and oxygen atoms in total. The molecule has 0 aliphatic rings. The number of nitrogens with zero attached hydrogens (tertiary/aromatic N) is 1. The molecule has 0 saturated carbocycles. The fourth-order valence-corrected chi connectivity index (χ4v) is 3.27. The number of hydrogen-bond donors (Lipinski definition) is 1. The summed E-state index contributed by atoms with van der Waals surface area (Å²) in [5.74, 6) is 0. The first-order valence-corrected chi connectivity index (χ1v) is 7.56. The molecule has 0 fully saturated rings. The molecular weight excluding hydrogens is 229 g/mol. The highest BCUT2D eigenvalue weighted by molar-refractivity contribution is 7.53. The predicted molar refractivity (Wildman–Crippen MR) is 64.7 cm³/mol. The van der Waals surface area contributed by atoms with Gasteiger partial charge in [-0.25, -0.2) is 0 Å². The summed E-state index contributed by atoms with van der Waals surface area (Å²) in [6, 6.07) is 0. The average molecular weight is 253 g/mol. The van der Waals surface area contributed by atoms with Gasteiger partial charge in [0, 0.05) is 6.54 Å². The molecule has 0 radical (unpaired) electrons. The van der Waals surface area contributed by atoms with E-state index >= 15 is 0 Å². The fraction of sp³-hybridized carbons (Fsp3) is 1.00. The van der Waals surface area contributed by atoms with Crippen molar-refractivity contribution in [1.29, 1.82) is 0 Å². The van der Waals surface area contributed by atoms with Crippen LogP contribution in [0.2, 0.25) is 0 Å². The van der Waals surface area contributed by atoms with Crippen molar-refractivity contribution < 1.29 is 18.7 Å². The molecule has 98 valence electrons. The van der Waals surface area contributed by atoms with Gasteiger partial charge in [-0.3, -0.25) is 9.46 Å². The second kappa shape index (κ2) is 9.14. The molecule has 0 rings (SSSR count). The summed E-state index contributed by atoms with van der Waals surface area (Å²) in [5.41, 5.74) is 0. The lowest BCUT2D eigenvalue weighted by Crippen LogP contribution is -2.29. The zero-order valence-electron chi connectivity index (χ0n) is 10.5. The molecule has 0 aromatic rings. The number of hydrogen-bond acceptors (Lipinski definition) is 5. The molecular formula is C10H24NO4P. The maximum atomic E-state index is 12.2. The van der Waals surface area contributed by atoms with Crippen molar-refractivity contribution in [3.63, 3.8) is 0 Å². The Hall–Kier alpha value is 0.0700. The van der Waals surface area contributed by atoms with Gasteiger partial charge in [0.2, 0.25) is 0 Å². The molecule has 0 atom stereocenters. The first-order valence-electron chi connectivity index (χ1n) is 5.83. The third kappa shape index (κ3) is 6.61. The third-order valence-corrected chi connectivity index (χ3v) is 4.03. The van der Waals surface area contributed by atoms with E-state index in [2.05, 4.69) is 0 Å². The van der Waals surface area contributed by atoms with Crippen molar-refractivity contribution in [1.82, 2.24) is 4.90 Å². The highest BCUT2D eigenvalue weighted by atomic mass is 31.2. The normalized spacial score (nSPS) is 12.3. The second-order valence-corrected chi connectivity index (χ2v) is 5.45. The minimum atomic E-state index is -3.02. The van der Waals surface area contributed by atoms with Crippen LogP contribution < -0.4 is 0 Å². The van der Waals surface area contributed by atoms with E-state index in [1.807, 2.05) is 11.8 Å². The third-order valence-electron chi connectivity index (χ3n) is 1.98. The Kier molecular flexibility index (Phi) is 9.18. The second-order valence-electron chi connectivity index (χ2n) is 3.43. The highest BCUT2D eigenvalue weighted by Gasteiger charge is 2.26. The van der Waals surface area contributed by atoms with E-state index in [-0.39, 0.29) is 12.9 Å². The first kappa shape index (κ1) is 16.1. The van der Waals surface area contributed by atoms with Crippen LogP contribution in [0.3, 0.4) is 0 Å². The maximum Gasteiger partial charge on any atom is 0.344 e. The topological polar surface area (TPSA) is 59.0 Å². The van der Waals surface area contributed by atoms with Crippen LogP contribution in [0, 0.1) is 0 Å². The molecule has 0 aromatic carbocycles. The van der Waals surface area contributed by atoms with Gasteiger partial charge in [0.05, 0.1) is 19.8 Å². The van der Waals surface area contributed by atoms with Gasteiger partial charge in [-0.15, -0.1) is 0 Å². The minimum Gasteiger partial charge on any atom is -0.395 e. The van der Waals surface area contributed by atoms with Crippen LogP contribution in [0.25, 0.3) is 0 Å². The van der Waals surface area contributed by atoms with Crippen LogP contribution in [-0.2, 0) is 13.6 Å². The van der Waals surface area contributed by atoms with Gasteiger partial charge >= 0.3 is 7.60 Å². The zero-order valence-corrected chi connectivity index (χ0v) is 11.4. The average Bonchev–Trinajstić information content (AvgIpc) is 2.18. The first-order chi connectivity index (χ1) is 7.61. The summed E-state index contributed by atoms with van der Waals surface area (Å²) < 4.78 is 22.6. The molecule has 0 amide bonds. The van der Waals surface area contributed by atoms with Crippen molar-refractivity contribution in [2.45, 2.75) is 27.2 Å². The number of aliphatic hydroxyl groups excluding tert-OH is 1. The molecule has 0 aromatic heterocycles. The van der Waals surface area contributed by atoms with Crippen LogP contribution in [0.4, 0.5) is 0 Å². The molecule has 6 heteroatoms. The van der Waals surface area contributed by atoms with Crippen LogP contribution in [0.15, 0.2) is 0 Å². The Morgan fingerprint density at radius 2 is 1.69 bits per heavy atom. The van der Waals surface area contributed by atoms with E-state index in [4.69, 9.17) is 14.2 Å². The van der Waals surface area contributed by atoms with E-state index < -0.39 is 7.60 Å². The van der Waals surface area contributed by atoms with E-state index in [1.165, 1.54) is 0 Å². The summed E-state index contributed by atoms with van der Waals surface area (Å²) in [6.45, 7) is 7.70. The molecule has 1 N–H and O–H groups in total. The Bertz CT molecular complexity index is 197. The van der Waals surface area contributed by atoms with Gasteiger partial charge < -0.3 is 14.2 Å². The Labute approximate surface area is 98.3 Å². The van der Waals surface area contributed by atoms with Crippen molar-refractivity contribution in [2.24, 2.45) is 0 Å². The molecule has 0 aliphatic carbocycles. The Balaban J connectivity index is 4.36. The molecule has 0 aliphatic heterocycles. The van der Waals surface area contributed by atoms with Gasteiger partial charge in [0.15, 0.2) is 0 Å². The van der Waals surface area contributed by atoms with Gasteiger partial charge in [0.1, 0.15) is 6.29 Å². The summed E-state index contributed by atoms with van der Waals surface area (Å²) in [6.07, 6.45) is 1.20. The van der Waals surface area contributed by atoms with E-state index in [0.717, 1.165) is 13.0 Å². The van der Waals surface area contributed by atoms with Crippen LogP contribution in [-0.4, -0.2) is 49.2 Å². The van der Waals surface area contributed by atoms with Crippen molar-refractivity contribution in [3.8, 4) is 0 Å². The van der Waals surface area contributed by atoms with Crippen LogP contribution in [0.1, 0.15) is 27.2 Å². The summed E-state index contributed by atoms with van der Waals surface area (Å²) in [5, 5.41) is 8.91. The maximum absolute atomic E-state index is 12.2. The summed E-state index contributed by atoms with van der Waals surface area (Å²) in [4.78, 5) is 1.91. The summed E-state index contributed by atoms with van der Waals surface area (Å²) in [7, 11) is -3.02. The number of aliphatic hydroxyl groups is 1. The van der Waals surface area contributed by atoms with Crippen molar-refractivity contribution in [2.75, 3.05) is 39.2 Å². The summed E-state index contributed by atoms with van der Waals surface area (Å²) >= 11 is 0. The Morgan fingerprint density at radius 1 is 1.12 bits per heavy atom. The molecule has 0 unspecified atom stereocenters. The lowest BCUT2D eigenvalue weighted by molar-refractivity contribution is 0.176. The Morgan fingerprint density at radius 3 is 2.06 bits per heavy atom. The predicted octanol–water partition coefficient (Wildman–Crippen LogP) is 1.91. The van der Waals surface area contributed by atoms with E-state index in [0.29, 0.717) is 19.8 Å². The molecule has 0 spiro atoms. The van der Waals surface area contributed by atoms with Crippen molar-refractivity contribution >= 4 is 7.60 Å². The van der Waals surface area contributed by atoms with Gasteiger partial charge in [-0.1, -0.05) is 6.92 Å². The van der Waals surface area contributed by atoms with Crippen molar-refractivity contribution in [3.05, 3.63) is 0 Å². The molecule has 16 heavy (non-hydrogen) atoms. The quantitative estimate of drug-likeness (QED) is 0.603. The minimum absolute atomic E-state index is 0.0538. The van der Waals surface area contributed by atoms with Crippen LogP contribution in [0.5, 0.6) is 0 Å². The lowest BCUT2D eigenvalue weighted by Gasteiger charge is -2.25. The zero-order chi connectivity index (χ0) is 12.4. The van der Waals surface area contributed by atoms with Gasteiger partial charge in [0.25, 0.3) is 0 Å². The fourth-order valence-electron chi connectivity index (χ4n) is 1.47. The lowest BCUT2D eigenvalue weighted by atomic mass is 10.4. The molecule has 0 bridgehead atoms.